The number of allylic oxidation sites excluding steroid dienone is 1. The van der Waals surface area contributed by atoms with E-state index >= 15 is 0 Å². The fourth-order valence-corrected chi connectivity index (χ4v) is 5.49. The highest BCUT2D eigenvalue weighted by atomic mass is 32.2. The predicted octanol–water partition coefficient (Wildman–Crippen LogP) is 8.68. The zero-order chi connectivity index (χ0) is 28.4. The Hall–Kier alpha value is -0.0531. The van der Waals surface area contributed by atoms with Crippen molar-refractivity contribution in [3.63, 3.8) is 0 Å². The minimum absolute atomic E-state index is 0.106. The second-order valence-corrected chi connectivity index (χ2v) is 19.8. The van der Waals surface area contributed by atoms with Crippen LogP contribution >= 0.6 is 0 Å². The van der Waals surface area contributed by atoms with Crippen LogP contribution in [0.5, 0.6) is 0 Å². The van der Waals surface area contributed by atoms with E-state index < -0.39 is 19.3 Å². The topological polar surface area (TPSA) is 56.8 Å². The van der Waals surface area contributed by atoms with E-state index in [4.69, 9.17) is 13.9 Å². The highest BCUT2D eigenvalue weighted by Gasteiger charge is 2.38. The van der Waals surface area contributed by atoms with Gasteiger partial charge in [0.25, 0.3) is 0 Å². The van der Waals surface area contributed by atoms with Crippen LogP contribution in [0.1, 0.15) is 126 Å². The molecule has 0 spiro atoms. The largest absolute Gasteiger partial charge is 0.415 e. The van der Waals surface area contributed by atoms with Crippen molar-refractivity contribution in [2.75, 3.05) is 20.5 Å². The second-order valence-electron chi connectivity index (χ2n) is 13.0. The molecule has 0 saturated heterocycles. The van der Waals surface area contributed by atoms with Crippen LogP contribution in [0, 0.1) is 0 Å². The zero-order valence-electron chi connectivity index (χ0n) is 26.3. The first-order valence-corrected chi connectivity index (χ1v) is 18.9. The first kappa shape index (κ1) is 36.9. The monoisotopic (exact) mass is 561 g/mol. The molecule has 5 nitrogen and oxygen atoms in total. The van der Waals surface area contributed by atoms with Gasteiger partial charge in [-0.25, -0.2) is 8.93 Å². The molecule has 1 N–H and O–H groups in total. The molecule has 0 aliphatic carbocycles. The predicted molar refractivity (Wildman–Crippen MR) is 165 cm³/mol. The molecule has 222 valence electrons. The van der Waals surface area contributed by atoms with E-state index in [1.54, 1.807) is 7.11 Å². The number of rotatable bonds is 22. The van der Waals surface area contributed by atoms with Crippen LogP contribution in [0.2, 0.25) is 18.1 Å². The minimum atomic E-state index is -1.96. The molecule has 3 atom stereocenters. The average Bonchev–Trinajstić information content (AvgIpc) is 2.80. The molecule has 0 aromatic heterocycles. The van der Waals surface area contributed by atoms with Gasteiger partial charge in [-0.15, -0.1) is 0 Å². The fraction of sp³-hybridized carbons (Fsp3) is 0.933. The number of hydrogen-bond acceptors (Lipinski definition) is 4. The molecule has 7 heteroatoms. The van der Waals surface area contributed by atoms with E-state index in [0.29, 0.717) is 6.61 Å². The normalized spacial score (nSPS) is 15.8. The van der Waals surface area contributed by atoms with Gasteiger partial charge >= 0.3 is 0 Å². The summed E-state index contributed by atoms with van der Waals surface area (Å²) in [6.07, 6.45) is 19.9. The highest BCUT2D eigenvalue weighted by molar-refractivity contribution is 7.84. The van der Waals surface area contributed by atoms with Crippen LogP contribution in [0.4, 0.5) is 0 Å². The molecule has 0 aromatic rings. The standard InChI is InChI=1S/C30H63NO4SSi/c1-11-12-13-14-15-16-17-18-19-20-21-22-23-24-28(34-26-33-8)27(31-36(32)29(2,3)4)25-35-37(9,10)30(5,6)7/h23-24,27-28,31H,11-22,25-26H2,1-10H3/b24-23+/t27-,28+,36+/m0/s1. The maximum atomic E-state index is 13.0. The Morgan fingerprint density at radius 3 is 1.84 bits per heavy atom. The summed E-state index contributed by atoms with van der Waals surface area (Å²) < 4.78 is 33.8. The number of ether oxygens (including phenoxy) is 2. The minimum Gasteiger partial charge on any atom is -0.415 e. The Labute approximate surface area is 235 Å². The van der Waals surface area contributed by atoms with Gasteiger partial charge in [0, 0.05) is 7.11 Å². The molecule has 0 amide bonds. The van der Waals surface area contributed by atoms with Gasteiger partial charge in [0.05, 0.1) is 34.5 Å². The van der Waals surface area contributed by atoms with Crippen LogP contribution < -0.4 is 4.72 Å². The van der Waals surface area contributed by atoms with E-state index in [2.05, 4.69) is 57.7 Å². The fourth-order valence-electron chi connectivity index (χ4n) is 3.63. The van der Waals surface area contributed by atoms with Gasteiger partial charge in [-0.1, -0.05) is 104 Å². The molecule has 0 aliphatic heterocycles. The molecule has 0 aromatic carbocycles. The number of unbranched alkanes of at least 4 members (excludes halogenated alkanes) is 11. The number of hydrogen-bond donors (Lipinski definition) is 1. The molecule has 0 unspecified atom stereocenters. The molecular weight excluding hydrogens is 498 g/mol. The van der Waals surface area contributed by atoms with E-state index in [9.17, 15) is 4.21 Å². The van der Waals surface area contributed by atoms with Crippen molar-refractivity contribution >= 4 is 19.3 Å². The lowest BCUT2D eigenvalue weighted by Crippen LogP contribution is -2.52. The molecule has 0 saturated carbocycles. The van der Waals surface area contributed by atoms with Crippen molar-refractivity contribution in [2.45, 2.75) is 161 Å². The van der Waals surface area contributed by atoms with Crippen molar-refractivity contribution in [3.8, 4) is 0 Å². The first-order valence-electron chi connectivity index (χ1n) is 14.9. The smallest absolute Gasteiger partial charge is 0.192 e. The van der Waals surface area contributed by atoms with Crippen LogP contribution in [0.3, 0.4) is 0 Å². The molecule has 0 fully saturated rings. The molecular formula is C30H63NO4SSi. The third kappa shape index (κ3) is 18.0. The van der Waals surface area contributed by atoms with Crippen molar-refractivity contribution < 1.29 is 18.1 Å². The molecule has 0 rings (SSSR count). The van der Waals surface area contributed by atoms with Crippen LogP contribution in [-0.4, -0.2) is 49.9 Å². The van der Waals surface area contributed by atoms with Gasteiger partial charge in [0.2, 0.25) is 0 Å². The quantitative estimate of drug-likeness (QED) is 0.0622. The Morgan fingerprint density at radius 1 is 0.865 bits per heavy atom. The summed E-state index contributed by atoms with van der Waals surface area (Å²) in [4.78, 5) is 0. The van der Waals surface area contributed by atoms with Gasteiger partial charge in [-0.3, -0.25) is 0 Å². The Morgan fingerprint density at radius 2 is 1.38 bits per heavy atom. The first-order chi connectivity index (χ1) is 17.3. The molecule has 0 aliphatic rings. The zero-order valence-corrected chi connectivity index (χ0v) is 28.1. The molecule has 0 bridgehead atoms. The van der Waals surface area contributed by atoms with Gasteiger partial charge in [-0.05, 0) is 51.7 Å². The number of nitrogens with one attached hydrogen (secondary N) is 1. The summed E-state index contributed by atoms with van der Waals surface area (Å²) in [5.41, 5.74) is 0. The Balaban J connectivity index is 4.87. The number of methoxy groups -OCH3 is 1. The van der Waals surface area contributed by atoms with E-state index in [-0.39, 0.29) is 28.7 Å². The Bertz CT molecular complexity index is 614. The summed E-state index contributed by atoms with van der Waals surface area (Å²) in [6, 6.07) is -0.224. The molecule has 0 heterocycles. The van der Waals surface area contributed by atoms with Crippen molar-refractivity contribution in [1.29, 1.82) is 0 Å². The summed E-state index contributed by atoms with van der Waals surface area (Å²) in [5.74, 6) is 0. The lowest BCUT2D eigenvalue weighted by atomic mass is 10.0. The summed E-state index contributed by atoms with van der Waals surface area (Å²) in [5, 5.41) is 0.106. The Kier molecular flexibility index (Phi) is 19.9. The van der Waals surface area contributed by atoms with Crippen molar-refractivity contribution in [1.82, 2.24) is 4.72 Å². The van der Waals surface area contributed by atoms with Crippen LogP contribution in [0.15, 0.2) is 12.2 Å². The van der Waals surface area contributed by atoms with Gasteiger partial charge in [-0.2, -0.15) is 0 Å². The SMILES string of the molecule is CCCCCCCCCCCCC/C=C/[C@@H](OCOC)[C@H](CO[Si](C)(C)C(C)(C)C)N[S@](=O)C(C)(C)C. The molecule has 37 heavy (non-hydrogen) atoms. The lowest BCUT2D eigenvalue weighted by Gasteiger charge is -2.38. The van der Waals surface area contributed by atoms with E-state index in [0.717, 1.165) is 6.42 Å². The summed E-state index contributed by atoms with van der Waals surface area (Å²) in [6.45, 7) is 20.1. The maximum Gasteiger partial charge on any atom is 0.192 e. The van der Waals surface area contributed by atoms with Crippen LogP contribution in [0.25, 0.3) is 0 Å². The van der Waals surface area contributed by atoms with Crippen molar-refractivity contribution in [2.24, 2.45) is 0 Å². The third-order valence-electron chi connectivity index (χ3n) is 7.32. The second kappa shape index (κ2) is 19.9. The van der Waals surface area contributed by atoms with Gasteiger partial charge < -0.3 is 13.9 Å². The summed E-state index contributed by atoms with van der Waals surface area (Å²) >= 11 is 0. The average molecular weight is 562 g/mol. The maximum absolute atomic E-state index is 13.0. The lowest BCUT2D eigenvalue weighted by molar-refractivity contribution is -0.0677. The highest BCUT2D eigenvalue weighted by Crippen LogP contribution is 2.36. The van der Waals surface area contributed by atoms with Gasteiger partial charge in [0.15, 0.2) is 8.32 Å². The van der Waals surface area contributed by atoms with Gasteiger partial charge in [0.1, 0.15) is 6.79 Å². The van der Waals surface area contributed by atoms with Crippen molar-refractivity contribution in [3.05, 3.63) is 12.2 Å². The van der Waals surface area contributed by atoms with E-state index in [1.807, 2.05) is 20.8 Å². The summed E-state index contributed by atoms with van der Waals surface area (Å²) in [7, 11) is -1.56. The third-order valence-corrected chi connectivity index (χ3v) is 13.4. The van der Waals surface area contributed by atoms with Crippen LogP contribution in [-0.2, 0) is 24.9 Å². The molecule has 0 radical (unpaired) electrons. The van der Waals surface area contributed by atoms with E-state index in [1.165, 1.54) is 70.6 Å².